The standard InChI is InChI=1S/C17H20FNO/c1-4-16(19-3)13-5-8-15(9-6-13)20-17-10-7-14(18)11-12(17)2/h5-11,16,19H,4H2,1-3H3. The molecule has 2 rings (SSSR count). The van der Waals surface area contributed by atoms with Crippen LogP contribution in [0.3, 0.4) is 0 Å². The molecule has 0 spiro atoms. The molecule has 0 amide bonds. The van der Waals surface area contributed by atoms with Crippen LogP contribution in [0.4, 0.5) is 4.39 Å². The van der Waals surface area contributed by atoms with Crippen molar-refractivity contribution >= 4 is 0 Å². The predicted molar refractivity (Wildman–Crippen MR) is 79.7 cm³/mol. The van der Waals surface area contributed by atoms with Crippen molar-refractivity contribution in [3.63, 3.8) is 0 Å². The SMILES string of the molecule is CCC(NC)c1ccc(Oc2ccc(F)cc2C)cc1. The Kier molecular flexibility index (Phi) is 4.74. The van der Waals surface area contributed by atoms with Crippen molar-refractivity contribution in [2.45, 2.75) is 26.3 Å². The zero-order valence-electron chi connectivity index (χ0n) is 12.1. The molecule has 106 valence electrons. The average molecular weight is 273 g/mol. The summed E-state index contributed by atoms with van der Waals surface area (Å²) in [6.45, 7) is 3.98. The number of nitrogens with one attached hydrogen (secondary N) is 1. The van der Waals surface area contributed by atoms with Gasteiger partial charge in [0.1, 0.15) is 17.3 Å². The van der Waals surface area contributed by atoms with Crippen molar-refractivity contribution in [3.8, 4) is 11.5 Å². The topological polar surface area (TPSA) is 21.3 Å². The molecule has 0 aliphatic rings. The van der Waals surface area contributed by atoms with E-state index in [0.717, 1.165) is 17.7 Å². The van der Waals surface area contributed by atoms with Crippen LogP contribution in [-0.4, -0.2) is 7.05 Å². The van der Waals surface area contributed by atoms with E-state index >= 15 is 0 Å². The normalized spacial score (nSPS) is 12.2. The van der Waals surface area contributed by atoms with Crippen molar-refractivity contribution < 1.29 is 9.13 Å². The highest BCUT2D eigenvalue weighted by atomic mass is 19.1. The molecule has 0 aromatic heterocycles. The lowest BCUT2D eigenvalue weighted by Gasteiger charge is -2.15. The molecule has 0 fully saturated rings. The molecular weight excluding hydrogens is 253 g/mol. The number of aryl methyl sites for hydroxylation is 1. The summed E-state index contributed by atoms with van der Waals surface area (Å²) < 4.78 is 18.8. The van der Waals surface area contributed by atoms with Crippen molar-refractivity contribution in [3.05, 3.63) is 59.4 Å². The highest BCUT2D eigenvalue weighted by Gasteiger charge is 2.07. The summed E-state index contributed by atoms with van der Waals surface area (Å²) in [5.74, 6) is 1.19. The maximum Gasteiger partial charge on any atom is 0.130 e. The molecular formula is C17H20FNO. The lowest BCUT2D eigenvalue weighted by atomic mass is 10.0. The zero-order valence-corrected chi connectivity index (χ0v) is 12.1. The van der Waals surface area contributed by atoms with E-state index in [0.29, 0.717) is 11.8 Å². The van der Waals surface area contributed by atoms with Crippen LogP contribution in [0, 0.1) is 12.7 Å². The summed E-state index contributed by atoms with van der Waals surface area (Å²) in [7, 11) is 1.96. The minimum atomic E-state index is -0.245. The Morgan fingerprint density at radius 3 is 2.40 bits per heavy atom. The molecule has 2 aromatic carbocycles. The first kappa shape index (κ1) is 14.5. The van der Waals surface area contributed by atoms with E-state index in [4.69, 9.17) is 4.74 Å². The lowest BCUT2D eigenvalue weighted by molar-refractivity contribution is 0.475. The van der Waals surface area contributed by atoms with E-state index in [-0.39, 0.29) is 5.82 Å². The second-order valence-corrected chi connectivity index (χ2v) is 4.83. The summed E-state index contributed by atoms with van der Waals surface area (Å²) in [5.41, 5.74) is 2.02. The Morgan fingerprint density at radius 1 is 1.15 bits per heavy atom. The molecule has 0 saturated heterocycles. The second-order valence-electron chi connectivity index (χ2n) is 4.83. The molecule has 0 saturated carbocycles. The molecule has 1 unspecified atom stereocenters. The lowest BCUT2D eigenvalue weighted by Crippen LogP contribution is -2.14. The van der Waals surface area contributed by atoms with Crippen molar-refractivity contribution in [2.75, 3.05) is 7.05 Å². The van der Waals surface area contributed by atoms with E-state index in [1.54, 1.807) is 6.07 Å². The first-order valence-electron chi connectivity index (χ1n) is 6.85. The third-order valence-electron chi connectivity index (χ3n) is 3.40. The molecule has 0 aliphatic heterocycles. The van der Waals surface area contributed by atoms with E-state index in [1.807, 2.05) is 26.1 Å². The first-order valence-corrected chi connectivity index (χ1v) is 6.85. The summed E-state index contributed by atoms with van der Waals surface area (Å²) in [6.07, 6.45) is 1.04. The molecule has 2 nitrogen and oxygen atoms in total. The molecule has 1 atom stereocenters. The third kappa shape index (κ3) is 3.36. The average Bonchev–Trinajstić information content (AvgIpc) is 2.45. The van der Waals surface area contributed by atoms with Gasteiger partial charge >= 0.3 is 0 Å². The van der Waals surface area contributed by atoms with Gasteiger partial charge in [0.15, 0.2) is 0 Å². The molecule has 0 aliphatic carbocycles. The van der Waals surface area contributed by atoms with Crippen LogP contribution in [0.1, 0.15) is 30.5 Å². The van der Waals surface area contributed by atoms with Gasteiger partial charge in [0.05, 0.1) is 0 Å². The quantitative estimate of drug-likeness (QED) is 0.859. The summed E-state index contributed by atoms with van der Waals surface area (Å²) in [4.78, 5) is 0. The van der Waals surface area contributed by atoms with Gasteiger partial charge in [0.2, 0.25) is 0 Å². The van der Waals surface area contributed by atoms with E-state index in [2.05, 4.69) is 24.4 Å². The van der Waals surface area contributed by atoms with Gasteiger partial charge in [-0.3, -0.25) is 0 Å². The van der Waals surface area contributed by atoms with Gasteiger partial charge in [-0.15, -0.1) is 0 Å². The maximum absolute atomic E-state index is 13.0. The number of halogens is 1. The highest BCUT2D eigenvalue weighted by molar-refractivity contribution is 5.38. The van der Waals surface area contributed by atoms with Gasteiger partial charge in [-0.25, -0.2) is 4.39 Å². The smallest absolute Gasteiger partial charge is 0.130 e. The second kappa shape index (κ2) is 6.53. The number of rotatable bonds is 5. The summed E-state index contributed by atoms with van der Waals surface area (Å²) >= 11 is 0. The minimum absolute atomic E-state index is 0.245. The van der Waals surface area contributed by atoms with Gasteiger partial charge in [0, 0.05) is 6.04 Å². The number of ether oxygens (including phenoxy) is 1. The van der Waals surface area contributed by atoms with Gasteiger partial charge in [0.25, 0.3) is 0 Å². The fourth-order valence-corrected chi connectivity index (χ4v) is 2.23. The van der Waals surface area contributed by atoms with Gasteiger partial charge in [-0.2, -0.15) is 0 Å². The fourth-order valence-electron chi connectivity index (χ4n) is 2.23. The molecule has 0 heterocycles. The minimum Gasteiger partial charge on any atom is -0.457 e. The Bertz CT molecular complexity index is 562. The van der Waals surface area contributed by atoms with Crippen molar-refractivity contribution in [1.82, 2.24) is 5.32 Å². The predicted octanol–water partition coefficient (Wildman–Crippen LogP) is 4.60. The van der Waals surface area contributed by atoms with E-state index < -0.39 is 0 Å². The van der Waals surface area contributed by atoms with E-state index in [1.165, 1.54) is 17.7 Å². The molecule has 3 heteroatoms. The Balaban J connectivity index is 2.14. The fraction of sp³-hybridized carbons (Fsp3) is 0.294. The van der Waals surface area contributed by atoms with Crippen LogP contribution in [-0.2, 0) is 0 Å². The van der Waals surface area contributed by atoms with Crippen molar-refractivity contribution in [1.29, 1.82) is 0 Å². The van der Waals surface area contributed by atoms with Crippen LogP contribution in [0.15, 0.2) is 42.5 Å². The molecule has 20 heavy (non-hydrogen) atoms. The van der Waals surface area contributed by atoms with E-state index in [9.17, 15) is 4.39 Å². The Morgan fingerprint density at radius 2 is 1.85 bits per heavy atom. The summed E-state index contributed by atoms with van der Waals surface area (Å²) in [6, 6.07) is 12.9. The molecule has 0 radical (unpaired) electrons. The third-order valence-corrected chi connectivity index (χ3v) is 3.40. The number of hydrogen-bond acceptors (Lipinski definition) is 2. The van der Waals surface area contributed by atoms with Gasteiger partial charge in [-0.1, -0.05) is 19.1 Å². The van der Waals surface area contributed by atoms with Crippen LogP contribution in [0.25, 0.3) is 0 Å². The highest BCUT2D eigenvalue weighted by Crippen LogP contribution is 2.27. The number of benzene rings is 2. The summed E-state index contributed by atoms with van der Waals surface area (Å²) in [5, 5.41) is 3.27. The zero-order chi connectivity index (χ0) is 14.5. The largest absolute Gasteiger partial charge is 0.457 e. The van der Waals surface area contributed by atoms with Crippen LogP contribution in [0.2, 0.25) is 0 Å². The molecule has 0 bridgehead atoms. The maximum atomic E-state index is 13.0. The first-order chi connectivity index (χ1) is 9.63. The van der Waals surface area contributed by atoms with Gasteiger partial charge < -0.3 is 10.1 Å². The van der Waals surface area contributed by atoms with Crippen LogP contribution >= 0.6 is 0 Å². The Hall–Kier alpha value is -1.87. The van der Waals surface area contributed by atoms with Gasteiger partial charge in [-0.05, 0) is 61.9 Å². The van der Waals surface area contributed by atoms with Crippen LogP contribution in [0.5, 0.6) is 11.5 Å². The monoisotopic (exact) mass is 273 g/mol. The Labute approximate surface area is 119 Å². The molecule has 2 aromatic rings. The molecule has 1 N–H and O–H groups in total. The van der Waals surface area contributed by atoms with Crippen molar-refractivity contribution in [2.24, 2.45) is 0 Å². The van der Waals surface area contributed by atoms with Crippen LogP contribution < -0.4 is 10.1 Å². The number of hydrogen-bond donors (Lipinski definition) is 1.